The molecule has 0 aliphatic carbocycles. The van der Waals surface area contributed by atoms with Crippen LogP contribution in [0.5, 0.6) is 0 Å². The number of benzene rings is 2. The van der Waals surface area contributed by atoms with Crippen molar-refractivity contribution in [2.75, 3.05) is 5.32 Å². The maximum absolute atomic E-state index is 12.5. The number of halogens is 1. The van der Waals surface area contributed by atoms with E-state index in [-0.39, 0.29) is 22.3 Å². The van der Waals surface area contributed by atoms with E-state index in [0.717, 1.165) is 10.9 Å². The third-order valence-electron chi connectivity index (χ3n) is 3.58. The summed E-state index contributed by atoms with van der Waals surface area (Å²) in [5.74, 6) is -0.333. The summed E-state index contributed by atoms with van der Waals surface area (Å²) in [5.41, 5.74) is 0.844. The molecule has 132 valence electrons. The molecule has 1 heterocycles. The largest absolute Gasteiger partial charge is 0.324 e. The third-order valence-corrected chi connectivity index (χ3v) is 5.03. The van der Waals surface area contributed by atoms with Crippen molar-refractivity contribution >= 4 is 51.5 Å². The minimum atomic E-state index is -0.544. The zero-order valence-corrected chi connectivity index (χ0v) is 15.1. The number of carbonyl (C=O) groups excluding carboxylic acids is 1. The average molecular weight is 389 g/mol. The van der Waals surface area contributed by atoms with Gasteiger partial charge in [0.2, 0.25) is 5.91 Å². The van der Waals surface area contributed by atoms with Crippen LogP contribution in [0.15, 0.2) is 53.8 Å². The lowest BCUT2D eigenvalue weighted by atomic mass is 10.2. The van der Waals surface area contributed by atoms with Gasteiger partial charge in [0.1, 0.15) is 11.4 Å². The number of anilines is 1. The van der Waals surface area contributed by atoms with E-state index in [9.17, 15) is 14.9 Å². The summed E-state index contributed by atoms with van der Waals surface area (Å²) in [6.07, 6.45) is 1.45. The number of aromatic nitrogens is 2. The van der Waals surface area contributed by atoms with Gasteiger partial charge in [-0.1, -0.05) is 41.6 Å². The number of nitro groups is 1. The number of carbonyl (C=O) groups is 1. The molecule has 1 aromatic heterocycles. The van der Waals surface area contributed by atoms with Crippen LogP contribution in [0.1, 0.15) is 6.92 Å². The second-order valence-corrected chi connectivity index (χ2v) is 7.10. The molecule has 1 amide bonds. The van der Waals surface area contributed by atoms with Crippen molar-refractivity contribution in [1.29, 1.82) is 0 Å². The number of hydrogen-bond acceptors (Lipinski definition) is 6. The van der Waals surface area contributed by atoms with Gasteiger partial charge in [0.15, 0.2) is 0 Å². The van der Waals surface area contributed by atoms with Crippen molar-refractivity contribution in [3.63, 3.8) is 0 Å². The Bertz CT molecular complexity index is 993. The Morgan fingerprint density at radius 3 is 2.81 bits per heavy atom. The summed E-state index contributed by atoms with van der Waals surface area (Å²) in [7, 11) is 0. The number of para-hydroxylation sites is 1. The van der Waals surface area contributed by atoms with Crippen LogP contribution >= 0.6 is 23.4 Å². The highest BCUT2D eigenvalue weighted by Crippen LogP contribution is 2.30. The number of amides is 1. The molecule has 0 bridgehead atoms. The molecule has 3 aromatic rings. The monoisotopic (exact) mass is 388 g/mol. The highest BCUT2D eigenvalue weighted by molar-refractivity contribution is 8.00. The van der Waals surface area contributed by atoms with Crippen LogP contribution in [-0.2, 0) is 4.79 Å². The van der Waals surface area contributed by atoms with E-state index in [0.29, 0.717) is 5.03 Å². The second kappa shape index (κ2) is 7.67. The minimum absolute atomic E-state index is 0.146. The van der Waals surface area contributed by atoms with Crippen LogP contribution in [0, 0.1) is 10.1 Å². The highest BCUT2D eigenvalue weighted by atomic mass is 35.5. The fourth-order valence-corrected chi connectivity index (χ4v) is 3.33. The van der Waals surface area contributed by atoms with Crippen molar-refractivity contribution in [2.24, 2.45) is 0 Å². The fourth-order valence-electron chi connectivity index (χ4n) is 2.25. The molecule has 1 atom stereocenters. The predicted octanol–water partition coefficient (Wildman–Crippen LogP) is 4.31. The van der Waals surface area contributed by atoms with Gasteiger partial charge in [-0.05, 0) is 19.1 Å². The Labute approximate surface area is 157 Å². The molecule has 3 rings (SSSR count). The van der Waals surface area contributed by atoms with Crippen LogP contribution in [-0.4, -0.2) is 26.0 Å². The molecule has 0 aliphatic rings. The molecule has 7 nitrogen and oxygen atoms in total. The summed E-state index contributed by atoms with van der Waals surface area (Å²) in [5, 5.41) is 14.8. The normalized spacial score (nSPS) is 11.9. The van der Waals surface area contributed by atoms with Crippen LogP contribution < -0.4 is 5.32 Å². The molecule has 26 heavy (non-hydrogen) atoms. The van der Waals surface area contributed by atoms with Crippen molar-refractivity contribution in [3.8, 4) is 0 Å². The van der Waals surface area contributed by atoms with E-state index in [1.54, 1.807) is 6.92 Å². The summed E-state index contributed by atoms with van der Waals surface area (Å²) in [6, 6.07) is 11.4. The Morgan fingerprint density at radius 1 is 1.27 bits per heavy atom. The first kappa shape index (κ1) is 18.1. The number of hydrogen-bond donors (Lipinski definition) is 1. The molecule has 0 fully saturated rings. The second-order valence-electron chi connectivity index (χ2n) is 5.37. The van der Waals surface area contributed by atoms with E-state index in [1.807, 2.05) is 24.3 Å². The summed E-state index contributed by atoms with van der Waals surface area (Å²) >= 11 is 7.30. The Balaban J connectivity index is 1.78. The Morgan fingerprint density at radius 2 is 2.04 bits per heavy atom. The van der Waals surface area contributed by atoms with E-state index >= 15 is 0 Å². The number of thioether (sulfide) groups is 1. The molecule has 0 aliphatic heterocycles. The summed E-state index contributed by atoms with van der Waals surface area (Å²) in [6.45, 7) is 1.72. The molecule has 2 aromatic carbocycles. The van der Waals surface area contributed by atoms with Gasteiger partial charge in [-0.2, -0.15) is 0 Å². The first-order valence-electron chi connectivity index (χ1n) is 7.57. The van der Waals surface area contributed by atoms with Crippen LogP contribution in [0.4, 0.5) is 11.4 Å². The van der Waals surface area contributed by atoms with Gasteiger partial charge in [-0.3, -0.25) is 14.9 Å². The highest BCUT2D eigenvalue weighted by Gasteiger charge is 2.19. The lowest BCUT2D eigenvalue weighted by Crippen LogP contribution is -2.22. The number of nitrogens with zero attached hydrogens (tertiary/aromatic N) is 3. The lowest BCUT2D eigenvalue weighted by Gasteiger charge is -2.13. The molecular formula is C17H13ClN4O3S. The summed E-state index contributed by atoms with van der Waals surface area (Å²) in [4.78, 5) is 31.3. The van der Waals surface area contributed by atoms with E-state index in [2.05, 4.69) is 15.3 Å². The van der Waals surface area contributed by atoms with Gasteiger partial charge < -0.3 is 5.32 Å². The zero-order valence-electron chi connectivity index (χ0n) is 13.5. The van der Waals surface area contributed by atoms with Crippen LogP contribution in [0.25, 0.3) is 10.9 Å². The molecule has 0 saturated carbocycles. The predicted molar refractivity (Wildman–Crippen MR) is 102 cm³/mol. The fraction of sp³-hybridized carbons (Fsp3) is 0.118. The standard InChI is InChI=1S/C17H13ClN4O3S/c1-10(26-17-12-4-2-3-5-14(12)19-9-20-17)16(23)21-15-8-11(22(24)25)6-7-13(15)18/h2-10H,1H3,(H,21,23). The molecule has 1 unspecified atom stereocenters. The van der Waals surface area contributed by atoms with E-state index in [1.165, 1.54) is 36.3 Å². The number of nitrogens with one attached hydrogen (secondary N) is 1. The van der Waals surface area contributed by atoms with Gasteiger partial charge in [-0.15, -0.1) is 0 Å². The molecule has 9 heteroatoms. The maximum atomic E-state index is 12.5. The van der Waals surface area contributed by atoms with E-state index in [4.69, 9.17) is 11.6 Å². The van der Waals surface area contributed by atoms with Gasteiger partial charge >= 0.3 is 0 Å². The van der Waals surface area contributed by atoms with Gasteiger partial charge in [0, 0.05) is 17.5 Å². The minimum Gasteiger partial charge on any atom is -0.324 e. The van der Waals surface area contributed by atoms with Crippen molar-refractivity contribution < 1.29 is 9.72 Å². The van der Waals surface area contributed by atoms with Crippen molar-refractivity contribution in [1.82, 2.24) is 9.97 Å². The Hall–Kier alpha value is -2.71. The number of fused-ring (bicyclic) bond motifs is 1. The van der Waals surface area contributed by atoms with Gasteiger partial charge in [-0.25, -0.2) is 9.97 Å². The first-order chi connectivity index (χ1) is 12.5. The maximum Gasteiger partial charge on any atom is 0.271 e. The molecular weight excluding hydrogens is 376 g/mol. The Kier molecular flexibility index (Phi) is 5.34. The van der Waals surface area contributed by atoms with Crippen molar-refractivity contribution in [2.45, 2.75) is 17.2 Å². The SMILES string of the molecule is CC(Sc1ncnc2ccccc12)C(=O)Nc1cc([N+](=O)[O-])ccc1Cl. The molecule has 0 radical (unpaired) electrons. The van der Waals surface area contributed by atoms with Crippen LogP contribution in [0.3, 0.4) is 0 Å². The zero-order chi connectivity index (χ0) is 18.7. The van der Waals surface area contributed by atoms with Gasteiger partial charge in [0.25, 0.3) is 5.69 Å². The topological polar surface area (TPSA) is 98.0 Å². The van der Waals surface area contributed by atoms with Crippen molar-refractivity contribution in [3.05, 3.63) is 63.9 Å². The number of rotatable bonds is 5. The van der Waals surface area contributed by atoms with E-state index < -0.39 is 10.2 Å². The quantitative estimate of drug-likeness (QED) is 0.302. The van der Waals surface area contributed by atoms with Gasteiger partial charge in [0.05, 0.1) is 26.4 Å². The molecule has 1 N–H and O–H groups in total. The first-order valence-corrected chi connectivity index (χ1v) is 8.82. The smallest absolute Gasteiger partial charge is 0.271 e. The third kappa shape index (κ3) is 3.92. The van der Waals surface area contributed by atoms with Crippen LogP contribution in [0.2, 0.25) is 5.02 Å². The molecule has 0 spiro atoms. The number of non-ortho nitro benzene ring substituents is 1. The number of nitro benzene ring substituents is 1. The lowest BCUT2D eigenvalue weighted by molar-refractivity contribution is -0.384. The summed E-state index contributed by atoms with van der Waals surface area (Å²) < 4.78 is 0. The molecule has 0 saturated heterocycles. The average Bonchev–Trinajstić information content (AvgIpc) is 2.63.